The molecule has 4 nitrogen and oxygen atoms in total. The Bertz CT molecular complexity index is 452. The fourth-order valence-electron chi connectivity index (χ4n) is 1.85. The minimum Gasteiger partial charge on any atom is -0.399 e. The molecule has 1 aromatic carbocycles. The lowest BCUT2D eigenvalue weighted by Crippen LogP contribution is -2.33. The number of nitrogens with two attached hydrogens (primary N) is 2. The number of hydrogen-bond acceptors (Lipinski definition) is 3. The van der Waals surface area contributed by atoms with Gasteiger partial charge in [-0.2, -0.15) is 0 Å². The molecule has 4 N–H and O–H groups in total. The Labute approximate surface area is 101 Å². The van der Waals surface area contributed by atoms with E-state index in [1.165, 1.54) is 0 Å². The Balaban J connectivity index is 2.24. The van der Waals surface area contributed by atoms with E-state index in [4.69, 9.17) is 11.5 Å². The summed E-state index contributed by atoms with van der Waals surface area (Å²) >= 11 is 0. The lowest BCUT2D eigenvalue weighted by atomic mass is 10.1. The summed E-state index contributed by atoms with van der Waals surface area (Å²) in [4.78, 5) is 14.1. The number of rotatable bonds is 4. The highest BCUT2D eigenvalue weighted by Gasteiger charge is 2.32. The van der Waals surface area contributed by atoms with Crippen LogP contribution < -0.4 is 11.5 Å². The maximum Gasteiger partial charge on any atom is 0.256 e. The second kappa shape index (κ2) is 4.49. The maximum absolute atomic E-state index is 12.3. The lowest BCUT2D eigenvalue weighted by molar-refractivity contribution is 0.0764. The standard InChI is InChI=1S/C13H17N3O/c1-2-7-16(10-4-5-10)13(17)11-6-3-9(14)8-12(11)15/h2-3,6,8,10H,1,4-5,7,14-15H2. The summed E-state index contributed by atoms with van der Waals surface area (Å²) in [6.45, 7) is 4.24. The second-order valence-corrected chi connectivity index (χ2v) is 4.32. The highest BCUT2D eigenvalue weighted by molar-refractivity contribution is 6.00. The van der Waals surface area contributed by atoms with Crippen LogP contribution in [-0.4, -0.2) is 23.4 Å². The van der Waals surface area contributed by atoms with E-state index in [1.807, 2.05) is 4.90 Å². The van der Waals surface area contributed by atoms with Crippen molar-refractivity contribution in [2.75, 3.05) is 18.0 Å². The molecule has 1 amide bonds. The molecule has 0 unspecified atom stereocenters. The summed E-state index contributed by atoms with van der Waals surface area (Å²) in [6.07, 6.45) is 3.87. The van der Waals surface area contributed by atoms with Crippen LogP contribution in [0, 0.1) is 0 Å². The molecular formula is C13H17N3O. The number of nitrogens with zero attached hydrogens (tertiary/aromatic N) is 1. The molecule has 17 heavy (non-hydrogen) atoms. The van der Waals surface area contributed by atoms with Gasteiger partial charge in [-0.05, 0) is 31.0 Å². The molecule has 0 aliphatic heterocycles. The summed E-state index contributed by atoms with van der Waals surface area (Å²) in [5, 5.41) is 0. The third kappa shape index (κ3) is 2.41. The maximum atomic E-state index is 12.3. The van der Waals surface area contributed by atoms with Gasteiger partial charge in [0.1, 0.15) is 0 Å². The number of carbonyl (C=O) groups is 1. The molecule has 1 aliphatic rings. The van der Waals surface area contributed by atoms with Gasteiger partial charge in [0.05, 0.1) is 5.56 Å². The van der Waals surface area contributed by atoms with E-state index in [2.05, 4.69) is 6.58 Å². The number of benzene rings is 1. The average molecular weight is 231 g/mol. The van der Waals surface area contributed by atoms with Gasteiger partial charge in [0, 0.05) is 24.0 Å². The number of anilines is 2. The minimum absolute atomic E-state index is 0.0371. The van der Waals surface area contributed by atoms with E-state index in [0.29, 0.717) is 29.5 Å². The van der Waals surface area contributed by atoms with Gasteiger partial charge < -0.3 is 16.4 Å². The van der Waals surface area contributed by atoms with Crippen molar-refractivity contribution in [3.05, 3.63) is 36.4 Å². The molecule has 90 valence electrons. The molecule has 0 saturated heterocycles. The van der Waals surface area contributed by atoms with Gasteiger partial charge in [-0.3, -0.25) is 4.79 Å². The fourth-order valence-corrected chi connectivity index (χ4v) is 1.85. The Kier molecular flexibility index (Phi) is 3.04. The number of carbonyl (C=O) groups excluding carboxylic acids is 1. The molecule has 1 aliphatic carbocycles. The van der Waals surface area contributed by atoms with E-state index in [-0.39, 0.29) is 5.91 Å². The van der Waals surface area contributed by atoms with E-state index in [0.717, 1.165) is 12.8 Å². The summed E-state index contributed by atoms with van der Waals surface area (Å²) in [7, 11) is 0. The van der Waals surface area contributed by atoms with E-state index in [9.17, 15) is 4.79 Å². The van der Waals surface area contributed by atoms with Gasteiger partial charge in [-0.25, -0.2) is 0 Å². The molecule has 1 fully saturated rings. The van der Waals surface area contributed by atoms with Crippen LogP contribution in [0.2, 0.25) is 0 Å². The topological polar surface area (TPSA) is 72.3 Å². The predicted molar refractivity (Wildman–Crippen MR) is 69.5 cm³/mol. The second-order valence-electron chi connectivity index (χ2n) is 4.32. The minimum atomic E-state index is -0.0371. The van der Waals surface area contributed by atoms with Crippen LogP contribution >= 0.6 is 0 Å². The van der Waals surface area contributed by atoms with Gasteiger partial charge >= 0.3 is 0 Å². The third-order valence-electron chi connectivity index (χ3n) is 2.88. The van der Waals surface area contributed by atoms with Crippen LogP contribution in [0.3, 0.4) is 0 Å². The molecule has 0 radical (unpaired) electrons. The van der Waals surface area contributed by atoms with Gasteiger partial charge in [-0.1, -0.05) is 6.08 Å². The molecule has 0 heterocycles. The van der Waals surface area contributed by atoms with Crippen molar-refractivity contribution in [2.24, 2.45) is 0 Å². The van der Waals surface area contributed by atoms with E-state index < -0.39 is 0 Å². The van der Waals surface area contributed by atoms with Crippen molar-refractivity contribution in [2.45, 2.75) is 18.9 Å². The van der Waals surface area contributed by atoms with Gasteiger partial charge in [0.15, 0.2) is 0 Å². The zero-order chi connectivity index (χ0) is 12.4. The van der Waals surface area contributed by atoms with Gasteiger partial charge in [0.25, 0.3) is 5.91 Å². The average Bonchev–Trinajstić information content (AvgIpc) is 3.09. The molecule has 2 rings (SSSR count). The first-order chi connectivity index (χ1) is 8.13. The predicted octanol–water partition coefficient (Wildman–Crippen LogP) is 1.64. The van der Waals surface area contributed by atoms with Crippen molar-refractivity contribution in [3.63, 3.8) is 0 Å². The first-order valence-electron chi connectivity index (χ1n) is 5.70. The fraction of sp³-hybridized carbons (Fsp3) is 0.308. The Morgan fingerprint density at radius 2 is 2.18 bits per heavy atom. The molecule has 0 atom stereocenters. The Morgan fingerprint density at radius 3 is 2.71 bits per heavy atom. The quantitative estimate of drug-likeness (QED) is 0.611. The SMILES string of the molecule is C=CCN(C(=O)c1ccc(N)cc1N)C1CC1. The number of nitrogen functional groups attached to an aromatic ring is 2. The largest absolute Gasteiger partial charge is 0.399 e. The number of amides is 1. The molecule has 1 saturated carbocycles. The first kappa shape index (κ1) is 11.5. The van der Waals surface area contributed by atoms with Crippen molar-refractivity contribution in [1.29, 1.82) is 0 Å². The summed E-state index contributed by atoms with van der Waals surface area (Å²) in [6, 6.07) is 5.35. The van der Waals surface area contributed by atoms with Crippen LogP contribution in [0.5, 0.6) is 0 Å². The third-order valence-corrected chi connectivity index (χ3v) is 2.88. The highest BCUT2D eigenvalue weighted by Crippen LogP contribution is 2.29. The lowest BCUT2D eigenvalue weighted by Gasteiger charge is -2.21. The van der Waals surface area contributed by atoms with Gasteiger partial charge in [0.2, 0.25) is 0 Å². The van der Waals surface area contributed by atoms with Crippen LogP contribution in [0.15, 0.2) is 30.9 Å². The van der Waals surface area contributed by atoms with Crippen LogP contribution in [0.1, 0.15) is 23.2 Å². The van der Waals surface area contributed by atoms with Crippen molar-refractivity contribution < 1.29 is 4.79 Å². The van der Waals surface area contributed by atoms with Crippen molar-refractivity contribution >= 4 is 17.3 Å². The summed E-state index contributed by atoms with van der Waals surface area (Å²) in [5.74, 6) is -0.0371. The van der Waals surface area contributed by atoms with Crippen LogP contribution in [0.25, 0.3) is 0 Å². The number of hydrogen-bond donors (Lipinski definition) is 2. The van der Waals surface area contributed by atoms with Crippen molar-refractivity contribution in [1.82, 2.24) is 4.90 Å². The van der Waals surface area contributed by atoms with Crippen molar-refractivity contribution in [3.8, 4) is 0 Å². The molecule has 1 aromatic rings. The molecule has 0 bridgehead atoms. The summed E-state index contributed by atoms with van der Waals surface area (Å²) in [5.41, 5.74) is 13.0. The zero-order valence-corrected chi connectivity index (χ0v) is 9.73. The normalized spacial score (nSPS) is 14.4. The molecule has 4 heteroatoms. The monoisotopic (exact) mass is 231 g/mol. The van der Waals surface area contributed by atoms with Gasteiger partial charge in [-0.15, -0.1) is 6.58 Å². The molecule has 0 aromatic heterocycles. The Morgan fingerprint density at radius 1 is 1.47 bits per heavy atom. The van der Waals surface area contributed by atoms with E-state index in [1.54, 1.807) is 24.3 Å². The molecular weight excluding hydrogens is 214 g/mol. The van der Waals surface area contributed by atoms with E-state index >= 15 is 0 Å². The Hall–Kier alpha value is -1.97. The van der Waals surface area contributed by atoms with Crippen LogP contribution in [0.4, 0.5) is 11.4 Å². The zero-order valence-electron chi connectivity index (χ0n) is 9.73. The first-order valence-corrected chi connectivity index (χ1v) is 5.70. The summed E-state index contributed by atoms with van der Waals surface area (Å²) < 4.78 is 0. The molecule has 0 spiro atoms. The van der Waals surface area contributed by atoms with Crippen LogP contribution in [-0.2, 0) is 0 Å². The smallest absolute Gasteiger partial charge is 0.256 e. The highest BCUT2D eigenvalue weighted by atomic mass is 16.2.